The van der Waals surface area contributed by atoms with E-state index in [1.807, 2.05) is 0 Å². The van der Waals surface area contributed by atoms with E-state index in [1.165, 1.54) is 19.2 Å². The minimum atomic E-state index is -0.580. The molecule has 5 heteroatoms. The molecule has 0 aliphatic carbocycles. The van der Waals surface area contributed by atoms with E-state index in [2.05, 4.69) is 11.4 Å². The van der Waals surface area contributed by atoms with Crippen molar-refractivity contribution in [2.45, 2.75) is 6.04 Å². The van der Waals surface area contributed by atoms with Crippen LogP contribution in [0, 0.1) is 17.1 Å². The van der Waals surface area contributed by atoms with Crippen LogP contribution in [0.15, 0.2) is 42.5 Å². The number of ether oxygens (including phenoxy) is 1. The molecule has 3 nitrogen and oxygen atoms in total. The molecule has 0 spiro atoms. The molecule has 1 atom stereocenters. The van der Waals surface area contributed by atoms with Crippen LogP contribution in [0.25, 0.3) is 0 Å². The Morgan fingerprint density at radius 1 is 1.25 bits per heavy atom. The van der Waals surface area contributed by atoms with E-state index >= 15 is 0 Å². The number of rotatable bonds is 4. The summed E-state index contributed by atoms with van der Waals surface area (Å²) in [7, 11) is 1.53. The van der Waals surface area contributed by atoms with Crippen molar-refractivity contribution in [1.29, 1.82) is 5.26 Å². The Kier molecular flexibility index (Phi) is 4.44. The molecular weight excluding hydrogens is 279 g/mol. The lowest BCUT2D eigenvalue weighted by Crippen LogP contribution is -2.08. The molecule has 0 amide bonds. The van der Waals surface area contributed by atoms with Gasteiger partial charge in [0.2, 0.25) is 0 Å². The summed E-state index contributed by atoms with van der Waals surface area (Å²) in [6.45, 7) is 0. The molecule has 2 aromatic rings. The minimum absolute atomic E-state index is 0.323. The highest BCUT2D eigenvalue weighted by atomic mass is 35.5. The first-order valence-electron chi connectivity index (χ1n) is 5.89. The predicted octanol–water partition coefficient (Wildman–Crippen LogP) is 4.16. The maximum atomic E-state index is 12.8. The van der Waals surface area contributed by atoms with Gasteiger partial charge in [0.05, 0.1) is 18.2 Å². The highest BCUT2D eigenvalue weighted by molar-refractivity contribution is 6.32. The van der Waals surface area contributed by atoms with Gasteiger partial charge in [-0.25, -0.2) is 4.39 Å². The fraction of sp³-hybridized carbons (Fsp3) is 0.133. The lowest BCUT2D eigenvalue weighted by atomic mass is 10.1. The summed E-state index contributed by atoms with van der Waals surface area (Å²) in [5.41, 5.74) is 1.37. The van der Waals surface area contributed by atoms with E-state index in [0.29, 0.717) is 22.0 Å². The topological polar surface area (TPSA) is 45.0 Å². The summed E-state index contributed by atoms with van der Waals surface area (Å²) in [5.74, 6) is 0.227. The van der Waals surface area contributed by atoms with Gasteiger partial charge in [-0.15, -0.1) is 0 Å². The van der Waals surface area contributed by atoms with Crippen LogP contribution in [0.2, 0.25) is 5.02 Å². The average Bonchev–Trinajstić information content (AvgIpc) is 2.46. The summed E-state index contributed by atoms with van der Waals surface area (Å²) in [5, 5.41) is 12.7. The molecular formula is C15H12ClFN2O. The van der Waals surface area contributed by atoms with Crippen molar-refractivity contribution >= 4 is 17.3 Å². The lowest BCUT2D eigenvalue weighted by Gasteiger charge is -2.14. The molecule has 0 aromatic heterocycles. The van der Waals surface area contributed by atoms with Crippen molar-refractivity contribution in [2.24, 2.45) is 0 Å². The molecule has 0 bridgehead atoms. The average molecular weight is 291 g/mol. The van der Waals surface area contributed by atoms with Crippen LogP contribution in [0.1, 0.15) is 11.6 Å². The largest absolute Gasteiger partial charge is 0.495 e. The van der Waals surface area contributed by atoms with E-state index in [9.17, 15) is 9.65 Å². The van der Waals surface area contributed by atoms with Crippen molar-refractivity contribution in [2.75, 3.05) is 12.4 Å². The number of hydrogen-bond donors (Lipinski definition) is 1. The van der Waals surface area contributed by atoms with Crippen LogP contribution in [0.4, 0.5) is 10.1 Å². The maximum absolute atomic E-state index is 12.8. The smallest absolute Gasteiger partial charge is 0.140 e. The molecule has 0 aliphatic heterocycles. The van der Waals surface area contributed by atoms with Gasteiger partial charge in [0, 0.05) is 5.69 Å². The van der Waals surface area contributed by atoms with E-state index in [4.69, 9.17) is 16.3 Å². The number of nitriles is 1. The van der Waals surface area contributed by atoms with Gasteiger partial charge in [0.25, 0.3) is 0 Å². The predicted molar refractivity (Wildman–Crippen MR) is 76.4 cm³/mol. The number of nitrogens with one attached hydrogen (secondary N) is 1. The first-order chi connectivity index (χ1) is 9.63. The molecule has 2 aromatic carbocycles. The molecule has 1 unspecified atom stereocenters. The Bertz CT molecular complexity index is 637. The molecule has 0 saturated heterocycles. The third kappa shape index (κ3) is 3.19. The second kappa shape index (κ2) is 6.27. The summed E-state index contributed by atoms with van der Waals surface area (Å²) < 4.78 is 17.9. The van der Waals surface area contributed by atoms with Gasteiger partial charge >= 0.3 is 0 Å². The SMILES string of the molecule is COc1ccc(C(C#N)Nc2ccc(F)cc2)cc1Cl. The minimum Gasteiger partial charge on any atom is -0.495 e. The number of nitrogens with zero attached hydrogens (tertiary/aromatic N) is 1. The Morgan fingerprint density at radius 2 is 1.95 bits per heavy atom. The van der Waals surface area contributed by atoms with Crippen LogP contribution in [0.5, 0.6) is 5.75 Å². The van der Waals surface area contributed by atoms with Gasteiger partial charge in [-0.1, -0.05) is 17.7 Å². The molecule has 2 rings (SSSR count). The molecule has 102 valence electrons. The van der Waals surface area contributed by atoms with Gasteiger partial charge in [-0.2, -0.15) is 5.26 Å². The van der Waals surface area contributed by atoms with Crippen LogP contribution in [0.3, 0.4) is 0 Å². The molecule has 20 heavy (non-hydrogen) atoms. The quantitative estimate of drug-likeness (QED) is 0.919. The standard InChI is InChI=1S/C15H12ClFN2O/c1-20-15-7-2-10(8-13(15)16)14(9-18)19-12-5-3-11(17)4-6-12/h2-8,14,19H,1H3. The molecule has 0 saturated carbocycles. The summed E-state index contributed by atoms with van der Waals surface area (Å²) in [6.07, 6.45) is 0. The van der Waals surface area contributed by atoms with Crippen LogP contribution in [-0.2, 0) is 0 Å². The van der Waals surface area contributed by atoms with Crippen molar-refractivity contribution in [3.63, 3.8) is 0 Å². The highest BCUT2D eigenvalue weighted by Crippen LogP contribution is 2.28. The van der Waals surface area contributed by atoms with E-state index in [0.717, 1.165) is 0 Å². The van der Waals surface area contributed by atoms with Crippen molar-refractivity contribution in [3.05, 3.63) is 58.9 Å². The first kappa shape index (κ1) is 14.2. The van der Waals surface area contributed by atoms with Crippen molar-refractivity contribution in [1.82, 2.24) is 0 Å². The molecule has 0 heterocycles. The maximum Gasteiger partial charge on any atom is 0.140 e. The Balaban J connectivity index is 2.22. The number of hydrogen-bond acceptors (Lipinski definition) is 3. The molecule has 1 N–H and O–H groups in total. The van der Waals surface area contributed by atoms with Gasteiger partial charge in [-0.3, -0.25) is 0 Å². The monoisotopic (exact) mass is 290 g/mol. The number of benzene rings is 2. The van der Waals surface area contributed by atoms with Gasteiger partial charge in [0.1, 0.15) is 17.6 Å². The zero-order chi connectivity index (χ0) is 14.5. The van der Waals surface area contributed by atoms with Crippen molar-refractivity contribution < 1.29 is 9.13 Å². The van der Waals surface area contributed by atoms with Gasteiger partial charge in [0.15, 0.2) is 0 Å². The zero-order valence-electron chi connectivity index (χ0n) is 10.7. The highest BCUT2D eigenvalue weighted by Gasteiger charge is 2.12. The van der Waals surface area contributed by atoms with Crippen molar-refractivity contribution in [3.8, 4) is 11.8 Å². The molecule has 0 aliphatic rings. The van der Waals surface area contributed by atoms with E-state index < -0.39 is 6.04 Å². The van der Waals surface area contributed by atoms with E-state index in [-0.39, 0.29) is 5.82 Å². The summed E-state index contributed by atoms with van der Waals surface area (Å²) in [4.78, 5) is 0. The van der Waals surface area contributed by atoms with Crippen LogP contribution >= 0.6 is 11.6 Å². The normalized spacial score (nSPS) is 11.5. The third-order valence-electron chi connectivity index (χ3n) is 2.79. The summed E-state index contributed by atoms with van der Waals surface area (Å²) in [6, 6.07) is 12.5. The molecule has 0 radical (unpaired) electrons. The zero-order valence-corrected chi connectivity index (χ0v) is 11.5. The first-order valence-corrected chi connectivity index (χ1v) is 6.27. The fourth-order valence-corrected chi connectivity index (χ4v) is 2.03. The Hall–Kier alpha value is -2.25. The van der Waals surface area contributed by atoms with Crippen LogP contribution in [-0.4, -0.2) is 7.11 Å². The fourth-order valence-electron chi connectivity index (χ4n) is 1.77. The van der Waals surface area contributed by atoms with Crippen LogP contribution < -0.4 is 10.1 Å². The second-order valence-electron chi connectivity index (χ2n) is 4.11. The Labute approximate surface area is 121 Å². The molecule has 0 fully saturated rings. The third-order valence-corrected chi connectivity index (χ3v) is 3.09. The lowest BCUT2D eigenvalue weighted by molar-refractivity contribution is 0.415. The number of halogens is 2. The Morgan fingerprint density at radius 3 is 2.50 bits per heavy atom. The second-order valence-corrected chi connectivity index (χ2v) is 4.51. The van der Waals surface area contributed by atoms with Gasteiger partial charge < -0.3 is 10.1 Å². The van der Waals surface area contributed by atoms with E-state index in [1.54, 1.807) is 30.3 Å². The van der Waals surface area contributed by atoms with Gasteiger partial charge in [-0.05, 0) is 42.0 Å². The summed E-state index contributed by atoms with van der Waals surface area (Å²) >= 11 is 6.04. The number of methoxy groups -OCH3 is 1. The number of anilines is 1.